The van der Waals surface area contributed by atoms with Crippen LogP contribution >= 0.6 is 11.8 Å². The van der Waals surface area contributed by atoms with Gasteiger partial charge in [0.1, 0.15) is 0 Å². The van der Waals surface area contributed by atoms with Crippen molar-refractivity contribution in [2.24, 2.45) is 0 Å². The van der Waals surface area contributed by atoms with Gasteiger partial charge in [-0.2, -0.15) is 0 Å². The summed E-state index contributed by atoms with van der Waals surface area (Å²) in [5, 5.41) is 6.58. The van der Waals surface area contributed by atoms with Gasteiger partial charge in [-0.1, -0.05) is 18.2 Å². The summed E-state index contributed by atoms with van der Waals surface area (Å²) in [7, 11) is 0. The van der Waals surface area contributed by atoms with Crippen molar-refractivity contribution in [1.29, 1.82) is 0 Å². The number of hydrogen-bond acceptors (Lipinski definition) is 2. The van der Waals surface area contributed by atoms with Crippen LogP contribution in [0.4, 0.5) is 0 Å². The van der Waals surface area contributed by atoms with Gasteiger partial charge in [-0.05, 0) is 43.0 Å². The lowest BCUT2D eigenvalue weighted by Gasteiger charge is -2.37. The Balaban J connectivity index is 1.87. The maximum atomic E-state index is 3.84. The molecule has 0 unspecified atom stereocenters. The Morgan fingerprint density at radius 2 is 2.35 bits per heavy atom. The average molecular weight is 284 g/mol. The Morgan fingerprint density at radius 3 is 3.25 bits per heavy atom. The first-order valence-corrected chi connectivity index (χ1v) is 8.47. The molecule has 2 aromatic rings. The molecule has 104 valence electrons. The molecular formula is C17H20N2S. The van der Waals surface area contributed by atoms with E-state index in [1.165, 1.54) is 47.3 Å². The fraction of sp³-hybridized carbons (Fsp3) is 0.412. The number of thioether (sulfide) groups is 1. The van der Waals surface area contributed by atoms with Gasteiger partial charge < -0.3 is 10.3 Å². The lowest BCUT2D eigenvalue weighted by atomic mass is 9.76. The molecule has 2 heterocycles. The Bertz CT molecular complexity index is 658. The predicted molar refractivity (Wildman–Crippen MR) is 86.7 cm³/mol. The summed E-state index contributed by atoms with van der Waals surface area (Å²) in [6.07, 6.45) is 5.78. The first-order chi connectivity index (χ1) is 9.88. The third kappa shape index (κ3) is 1.84. The minimum absolute atomic E-state index is 0.626. The lowest BCUT2D eigenvalue weighted by molar-refractivity contribution is 0.344. The van der Waals surface area contributed by atoms with Crippen LogP contribution in [0.3, 0.4) is 0 Å². The van der Waals surface area contributed by atoms with E-state index < -0.39 is 0 Å². The molecule has 1 aliphatic carbocycles. The van der Waals surface area contributed by atoms with Crippen LogP contribution in [0.15, 0.2) is 35.9 Å². The van der Waals surface area contributed by atoms with E-state index in [1.54, 1.807) is 5.56 Å². The first kappa shape index (κ1) is 12.5. The van der Waals surface area contributed by atoms with Gasteiger partial charge in [0.25, 0.3) is 0 Å². The fourth-order valence-corrected chi connectivity index (χ4v) is 4.68. The monoisotopic (exact) mass is 284 g/mol. The molecule has 4 rings (SSSR count). The molecule has 2 N–H and O–H groups in total. The third-order valence-corrected chi connectivity index (χ3v) is 5.71. The second-order valence-corrected chi connectivity index (χ2v) is 6.85. The van der Waals surface area contributed by atoms with E-state index in [1.807, 2.05) is 17.8 Å². The molecule has 1 aromatic heterocycles. The van der Waals surface area contributed by atoms with Gasteiger partial charge in [0.05, 0.1) is 5.03 Å². The van der Waals surface area contributed by atoms with Crippen LogP contribution in [-0.2, 0) is 6.42 Å². The number of piperidine rings is 1. The van der Waals surface area contributed by atoms with Crippen LogP contribution in [0.5, 0.6) is 0 Å². The van der Waals surface area contributed by atoms with Crippen LogP contribution in [-0.4, -0.2) is 23.3 Å². The number of rotatable bonds is 3. The van der Waals surface area contributed by atoms with Crippen molar-refractivity contribution in [2.75, 3.05) is 12.3 Å². The van der Waals surface area contributed by atoms with Crippen LogP contribution < -0.4 is 5.32 Å². The Labute approximate surface area is 124 Å². The second-order valence-electron chi connectivity index (χ2n) is 5.82. The van der Waals surface area contributed by atoms with Gasteiger partial charge in [0.15, 0.2) is 0 Å². The topological polar surface area (TPSA) is 27.8 Å². The highest BCUT2D eigenvalue weighted by molar-refractivity contribution is 7.99. The third-order valence-electron chi connectivity index (χ3n) is 4.67. The molecule has 1 saturated heterocycles. The SMILES string of the molecule is C=CCSc1[nH]c2cccc3c2c1C[C@H]1NCCC[C@H]31. The summed E-state index contributed by atoms with van der Waals surface area (Å²) in [4.78, 5) is 3.63. The van der Waals surface area contributed by atoms with Crippen molar-refractivity contribution in [2.45, 2.75) is 36.2 Å². The normalized spacial score (nSPS) is 24.6. The summed E-state index contributed by atoms with van der Waals surface area (Å²) >= 11 is 1.88. The van der Waals surface area contributed by atoms with Crippen LogP contribution in [0.1, 0.15) is 29.9 Å². The van der Waals surface area contributed by atoms with Crippen LogP contribution in [0.2, 0.25) is 0 Å². The summed E-state index contributed by atoms with van der Waals surface area (Å²) in [5.41, 5.74) is 4.40. The van der Waals surface area contributed by atoms with Gasteiger partial charge in [0.2, 0.25) is 0 Å². The second kappa shape index (κ2) is 4.97. The first-order valence-electron chi connectivity index (χ1n) is 7.49. The van der Waals surface area contributed by atoms with E-state index in [9.17, 15) is 0 Å². The average Bonchev–Trinajstić information content (AvgIpc) is 2.85. The summed E-state index contributed by atoms with van der Waals surface area (Å²) < 4.78 is 0. The Morgan fingerprint density at radius 1 is 1.40 bits per heavy atom. The molecule has 0 saturated carbocycles. The molecule has 2 atom stereocenters. The minimum atomic E-state index is 0.626. The van der Waals surface area contributed by atoms with Gasteiger partial charge in [-0.25, -0.2) is 0 Å². The zero-order chi connectivity index (χ0) is 13.5. The molecule has 0 radical (unpaired) electrons. The summed E-state index contributed by atoms with van der Waals surface area (Å²) in [5.74, 6) is 1.67. The van der Waals surface area contributed by atoms with Crippen molar-refractivity contribution in [3.05, 3.63) is 42.0 Å². The molecular weight excluding hydrogens is 264 g/mol. The van der Waals surface area contributed by atoms with Crippen molar-refractivity contribution >= 4 is 22.7 Å². The smallest absolute Gasteiger partial charge is 0.0768 e. The summed E-state index contributed by atoms with van der Waals surface area (Å²) in [6, 6.07) is 7.39. The molecule has 1 aliphatic heterocycles. The predicted octanol–water partition coefficient (Wildman–Crippen LogP) is 3.84. The number of aromatic nitrogens is 1. The molecule has 0 bridgehead atoms. The van der Waals surface area contributed by atoms with Gasteiger partial charge in [-0.15, -0.1) is 18.3 Å². The standard InChI is InChI=1S/C17H20N2S/c1-2-9-20-17-13-10-15-11(6-4-8-18-15)12-5-3-7-14(19-17)16(12)13/h2-3,5,7,11,15,18-19H,1,4,6,8-10H2/t11-,15-/m1/s1. The molecule has 0 spiro atoms. The van der Waals surface area contributed by atoms with E-state index in [2.05, 4.69) is 35.1 Å². The van der Waals surface area contributed by atoms with E-state index >= 15 is 0 Å². The largest absolute Gasteiger partial charge is 0.349 e. The highest BCUT2D eigenvalue weighted by Crippen LogP contribution is 2.43. The number of benzene rings is 1. The van der Waals surface area contributed by atoms with Crippen molar-refractivity contribution < 1.29 is 0 Å². The van der Waals surface area contributed by atoms with Crippen LogP contribution in [0, 0.1) is 0 Å². The zero-order valence-electron chi connectivity index (χ0n) is 11.6. The van der Waals surface area contributed by atoms with E-state index in [4.69, 9.17) is 0 Å². The Hall–Kier alpha value is -1.19. The Kier molecular flexibility index (Phi) is 3.12. The fourth-order valence-electron chi connectivity index (χ4n) is 3.85. The maximum absolute atomic E-state index is 3.84. The number of hydrogen-bond donors (Lipinski definition) is 2. The summed E-state index contributed by atoms with van der Waals surface area (Å²) in [6.45, 7) is 5.01. The van der Waals surface area contributed by atoms with Gasteiger partial charge in [0, 0.05) is 28.6 Å². The number of fused-ring (bicyclic) bond motifs is 2. The molecule has 2 nitrogen and oxygen atoms in total. The molecule has 3 heteroatoms. The van der Waals surface area contributed by atoms with E-state index in [-0.39, 0.29) is 0 Å². The van der Waals surface area contributed by atoms with Crippen molar-refractivity contribution in [3.8, 4) is 0 Å². The quantitative estimate of drug-likeness (QED) is 0.662. The van der Waals surface area contributed by atoms with Crippen LogP contribution in [0.25, 0.3) is 10.9 Å². The van der Waals surface area contributed by atoms with Gasteiger partial charge in [-0.3, -0.25) is 0 Å². The highest BCUT2D eigenvalue weighted by Gasteiger charge is 2.34. The highest BCUT2D eigenvalue weighted by atomic mass is 32.2. The van der Waals surface area contributed by atoms with E-state index in [0.29, 0.717) is 12.0 Å². The number of nitrogens with one attached hydrogen (secondary N) is 2. The van der Waals surface area contributed by atoms with Crippen molar-refractivity contribution in [3.63, 3.8) is 0 Å². The van der Waals surface area contributed by atoms with E-state index in [0.717, 1.165) is 5.75 Å². The molecule has 2 aliphatic rings. The zero-order valence-corrected chi connectivity index (χ0v) is 12.4. The minimum Gasteiger partial charge on any atom is -0.349 e. The molecule has 0 amide bonds. The molecule has 1 fully saturated rings. The molecule has 1 aromatic carbocycles. The lowest BCUT2D eigenvalue weighted by Crippen LogP contribution is -2.43. The number of H-pyrrole nitrogens is 1. The van der Waals surface area contributed by atoms with Gasteiger partial charge >= 0.3 is 0 Å². The van der Waals surface area contributed by atoms with Crippen molar-refractivity contribution in [1.82, 2.24) is 10.3 Å². The maximum Gasteiger partial charge on any atom is 0.0768 e. The molecule has 20 heavy (non-hydrogen) atoms. The number of aromatic amines is 1.